The minimum absolute atomic E-state index is 0.318. The fourth-order valence-corrected chi connectivity index (χ4v) is 2.23. The summed E-state index contributed by atoms with van der Waals surface area (Å²) in [6, 6.07) is 3.58. The van der Waals surface area contributed by atoms with E-state index in [0.717, 1.165) is 17.4 Å². The molecule has 0 radical (unpaired) electrons. The Balaban J connectivity index is 2.17. The van der Waals surface area contributed by atoms with Crippen molar-refractivity contribution in [2.75, 3.05) is 12.3 Å². The van der Waals surface area contributed by atoms with Crippen LogP contribution in [0, 0.1) is 0 Å². The highest BCUT2D eigenvalue weighted by Gasteiger charge is 2.26. The summed E-state index contributed by atoms with van der Waals surface area (Å²) < 4.78 is 5.37. The van der Waals surface area contributed by atoms with E-state index in [1.54, 1.807) is 11.0 Å². The fourth-order valence-electron chi connectivity index (χ4n) is 2.23. The quantitative estimate of drug-likeness (QED) is 0.631. The lowest BCUT2D eigenvalue weighted by atomic mass is 9.96. The molecule has 1 aliphatic rings. The molecular formula is C15H20N2O3. The van der Waals surface area contributed by atoms with Gasteiger partial charge in [-0.15, -0.1) is 0 Å². The van der Waals surface area contributed by atoms with Gasteiger partial charge >= 0.3 is 6.09 Å². The Morgan fingerprint density at radius 1 is 1.35 bits per heavy atom. The Bertz CT molecular complexity index is 547. The molecular weight excluding hydrogens is 256 g/mol. The summed E-state index contributed by atoms with van der Waals surface area (Å²) in [4.78, 5) is 24.6. The number of rotatable bonds is 1. The summed E-state index contributed by atoms with van der Waals surface area (Å²) >= 11 is 0. The largest absolute Gasteiger partial charge is 0.444 e. The van der Waals surface area contributed by atoms with E-state index in [2.05, 4.69) is 0 Å². The SMILES string of the molecule is CC(C)(C)OC(=O)N1CCc2cc(C=O)c(N)cc2C1. The van der Waals surface area contributed by atoms with Crippen molar-refractivity contribution in [2.45, 2.75) is 39.3 Å². The molecule has 1 heterocycles. The van der Waals surface area contributed by atoms with Crippen LogP contribution in [0.2, 0.25) is 0 Å². The van der Waals surface area contributed by atoms with Gasteiger partial charge in [-0.2, -0.15) is 0 Å². The molecule has 108 valence electrons. The van der Waals surface area contributed by atoms with Gasteiger partial charge < -0.3 is 15.4 Å². The molecule has 5 nitrogen and oxygen atoms in total. The van der Waals surface area contributed by atoms with Crippen molar-refractivity contribution in [1.29, 1.82) is 0 Å². The molecule has 1 aliphatic heterocycles. The number of hydrogen-bond donors (Lipinski definition) is 1. The molecule has 0 fully saturated rings. The van der Waals surface area contributed by atoms with Crippen LogP contribution < -0.4 is 5.73 Å². The normalized spacial score (nSPS) is 14.7. The number of benzene rings is 1. The van der Waals surface area contributed by atoms with E-state index in [1.807, 2.05) is 26.8 Å². The molecule has 2 N–H and O–H groups in total. The van der Waals surface area contributed by atoms with Crippen molar-refractivity contribution in [2.24, 2.45) is 0 Å². The van der Waals surface area contributed by atoms with Gasteiger partial charge in [0.05, 0.1) is 0 Å². The van der Waals surface area contributed by atoms with E-state index in [9.17, 15) is 9.59 Å². The summed E-state index contributed by atoms with van der Waals surface area (Å²) in [7, 11) is 0. The highest BCUT2D eigenvalue weighted by molar-refractivity contribution is 5.84. The maximum absolute atomic E-state index is 12.0. The Morgan fingerprint density at radius 3 is 2.65 bits per heavy atom. The minimum atomic E-state index is -0.502. The van der Waals surface area contributed by atoms with Gasteiger partial charge in [0.25, 0.3) is 0 Å². The second-order valence-electron chi connectivity index (χ2n) is 6.02. The molecule has 0 saturated heterocycles. The van der Waals surface area contributed by atoms with Crippen molar-refractivity contribution in [1.82, 2.24) is 4.90 Å². The molecule has 20 heavy (non-hydrogen) atoms. The van der Waals surface area contributed by atoms with Crippen molar-refractivity contribution >= 4 is 18.1 Å². The molecule has 0 saturated carbocycles. The van der Waals surface area contributed by atoms with Crippen LogP contribution in [0.5, 0.6) is 0 Å². The molecule has 1 amide bonds. The number of aldehydes is 1. The van der Waals surface area contributed by atoms with Gasteiger partial charge in [-0.3, -0.25) is 4.79 Å². The zero-order chi connectivity index (χ0) is 14.9. The number of fused-ring (bicyclic) bond motifs is 1. The number of nitrogen functional groups attached to an aromatic ring is 1. The van der Waals surface area contributed by atoms with Gasteiger partial charge in [-0.1, -0.05) is 0 Å². The van der Waals surface area contributed by atoms with Gasteiger partial charge in [-0.25, -0.2) is 4.79 Å². The number of amides is 1. The van der Waals surface area contributed by atoms with Gasteiger partial charge in [0.1, 0.15) is 5.60 Å². The van der Waals surface area contributed by atoms with Gasteiger partial charge in [0, 0.05) is 24.3 Å². The van der Waals surface area contributed by atoms with Gasteiger partial charge in [0.15, 0.2) is 6.29 Å². The van der Waals surface area contributed by atoms with Crippen LogP contribution in [0.15, 0.2) is 12.1 Å². The molecule has 2 rings (SSSR count). The molecule has 0 spiro atoms. The van der Waals surface area contributed by atoms with E-state index >= 15 is 0 Å². The molecule has 0 aliphatic carbocycles. The Labute approximate surface area is 118 Å². The summed E-state index contributed by atoms with van der Waals surface area (Å²) in [5.41, 5.74) is 8.32. The minimum Gasteiger partial charge on any atom is -0.444 e. The highest BCUT2D eigenvalue weighted by atomic mass is 16.6. The van der Waals surface area contributed by atoms with Crippen molar-refractivity contribution in [3.8, 4) is 0 Å². The van der Waals surface area contributed by atoms with Gasteiger partial charge in [0.2, 0.25) is 0 Å². The van der Waals surface area contributed by atoms with E-state index in [-0.39, 0.29) is 6.09 Å². The zero-order valence-corrected chi connectivity index (χ0v) is 12.1. The van der Waals surface area contributed by atoms with E-state index in [1.165, 1.54) is 0 Å². The smallest absolute Gasteiger partial charge is 0.410 e. The number of anilines is 1. The second kappa shape index (κ2) is 5.15. The zero-order valence-electron chi connectivity index (χ0n) is 12.1. The number of nitrogens with zero attached hydrogens (tertiary/aromatic N) is 1. The predicted molar refractivity (Wildman–Crippen MR) is 76.6 cm³/mol. The van der Waals surface area contributed by atoms with E-state index in [4.69, 9.17) is 10.5 Å². The first-order chi connectivity index (χ1) is 9.30. The number of nitrogens with two attached hydrogens (primary N) is 1. The van der Waals surface area contributed by atoms with Crippen LogP contribution in [0.25, 0.3) is 0 Å². The Morgan fingerprint density at radius 2 is 2.05 bits per heavy atom. The third-order valence-electron chi connectivity index (χ3n) is 3.20. The van der Waals surface area contributed by atoms with Crippen LogP contribution in [0.1, 0.15) is 42.3 Å². The van der Waals surface area contributed by atoms with E-state index < -0.39 is 5.60 Å². The fraction of sp³-hybridized carbons (Fsp3) is 0.467. The molecule has 0 atom stereocenters. The van der Waals surface area contributed by atoms with Crippen molar-refractivity contribution in [3.63, 3.8) is 0 Å². The average Bonchev–Trinajstić information content (AvgIpc) is 2.35. The molecule has 0 aromatic heterocycles. The van der Waals surface area contributed by atoms with Crippen LogP contribution in [0.4, 0.5) is 10.5 Å². The van der Waals surface area contributed by atoms with Crippen LogP contribution in [-0.4, -0.2) is 29.4 Å². The van der Waals surface area contributed by atoms with E-state index in [0.29, 0.717) is 30.8 Å². The number of carbonyl (C=O) groups excluding carboxylic acids is 2. The van der Waals surface area contributed by atoms with Crippen molar-refractivity contribution in [3.05, 3.63) is 28.8 Å². The van der Waals surface area contributed by atoms with Crippen LogP contribution in [0.3, 0.4) is 0 Å². The molecule has 5 heteroatoms. The molecule has 1 aromatic rings. The van der Waals surface area contributed by atoms with Crippen molar-refractivity contribution < 1.29 is 14.3 Å². The van der Waals surface area contributed by atoms with Crippen LogP contribution >= 0.6 is 0 Å². The Kier molecular flexibility index (Phi) is 3.70. The third-order valence-corrected chi connectivity index (χ3v) is 3.20. The maximum Gasteiger partial charge on any atom is 0.410 e. The van der Waals surface area contributed by atoms with Gasteiger partial charge in [-0.05, 0) is 50.5 Å². The monoisotopic (exact) mass is 276 g/mol. The first-order valence-electron chi connectivity index (χ1n) is 6.64. The summed E-state index contributed by atoms with van der Waals surface area (Å²) in [5, 5.41) is 0. The number of ether oxygens (including phenoxy) is 1. The summed E-state index contributed by atoms with van der Waals surface area (Å²) in [6.07, 6.45) is 1.15. The van der Waals surface area contributed by atoms with Crippen LogP contribution in [-0.2, 0) is 17.7 Å². The number of carbonyl (C=O) groups is 2. The molecule has 0 bridgehead atoms. The average molecular weight is 276 g/mol. The topological polar surface area (TPSA) is 72.6 Å². The first kappa shape index (κ1) is 14.4. The maximum atomic E-state index is 12.0. The predicted octanol–water partition coefficient (Wildman–Crippen LogP) is 2.37. The molecule has 0 unspecified atom stereocenters. The Hall–Kier alpha value is -2.04. The summed E-state index contributed by atoms with van der Waals surface area (Å²) in [5.74, 6) is 0. The first-order valence-corrected chi connectivity index (χ1v) is 6.64. The standard InChI is InChI=1S/C15H20N2O3/c1-15(2,3)20-14(19)17-5-4-10-6-12(9-18)13(16)7-11(10)8-17/h6-7,9H,4-5,8,16H2,1-3H3. The lowest BCUT2D eigenvalue weighted by molar-refractivity contribution is 0.0224. The highest BCUT2D eigenvalue weighted by Crippen LogP contribution is 2.25. The number of hydrogen-bond acceptors (Lipinski definition) is 4. The summed E-state index contributed by atoms with van der Waals surface area (Å²) in [6.45, 7) is 6.59. The molecule has 1 aromatic carbocycles. The lowest BCUT2D eigenvalue weighted by Gasteiger charge is -2.31. The third kappa shape index (κ3) is 3.10. The lowest BCUT2D eigenvalue weighted by Crippen LogP contribution is -2.40. The second-order valence-corrected chi connectivity index (χ2v) is 6.02.